The van der Waals surface area contributed by atoms with Crippen molar-refractivity contribution < 1.29 is 10.2 Å². The maximum absolute atomic E-state index is 11.7. The molecule has 0 spiro atoms. The van der Waals surface area contributed by atoms with Crippen molar-refractivity contribution >= 4 is 23.1 Å². The summed E-state index contributed by atoms with van der Waals surface area (Å²) in [6.07, 6.45) is 0.418. The standard InChI is InChI=1S/C15H16O2.Mg/c1-10-3-5-14(16)12(7-10)9-13-8-11(2)4-6-15(13)17;/h3-8,16-17H,9H2,1-2H3;/q;+2/p-2. The van der Waals surface area contributed by atoms with Crippen molar-refractivity contribution in [3.63, 3.8) is 0 Å². The average Bonchev–Trinajstić information content (AvgIpc) is 2.28. The molecule has 2 rings (SSSR count). The van der Waals surface area contributed by atoms with E-state index >= 15 is 0 Å². The van der Waals surface area contributed by atoms with Crippen molar-refractivity contribution in [2.24, 2.45) is 0 Å². The molecule has 0 aliphatic rings. The van der Waals surface area contributed by atoms with Crippen LogP contribution in [0.25, 0.3) is 0 Å². The minimum Gasteiger partial charge on any atom is -0.872 e. The fourth-order valence-corrected chi connectivity index (χ4v) is 1.90. The van der Waals surface area contributed by atoms with Crippen molar-refractivity contribution in [3.05, 3.63) is 58.7 Å². The van der Waals surface area contributed by atoms with Crippen molar-refractivity contribution in [2.75, 3.05) is 0 Å². The molecule has 0 aromatic heterocycles. The Kier molecular flexibility index (Phi) is 5.05. The van der Waals surface area contributed by atoms with E-state index in [1.165, 1.54) is 0 Å². The van der Waals surface area contributed by atoms with Gasteiger partial charge < -0.3 is 10.2 Å². The summed E-state index contributed by atoms with van der Waals surface area (Å²) in [5.41, 5.74) is 3.46. The Morgan fingerprint density at radius 2 is 1.17 bits per heavy atom. The Hall–Kier alpha value is -1.19. The van der Waals surface area contributed by atoms with Crippen LogP contribution in [0, 0.1) is 13.8 Å². The van der Waals surface area contributed by atoms with Gasteiger partial charge in [0.05, 0.1) is 0 Å². The molecule has 0 aliphatic carbocycles. The van der Waals surface area contributed by atoms with E-state index in [0.29, 0.717) is 17.5 Å². The van der Waals surface area contributed by atoms with Crippen molar-refractivity contribution in [2.45, 2.75) is 20.3 Å². The first-order valence-corrected chi connectivity index (χ1v) is 5.59. The number of aryl methyl sites for hydroxylation is 2. The molecular weight excluding hydrogens is 236 g/mol. The molecule has 0 aliphatic heterocycles. The molecule has 0 radical (unpaired) electrons. The molecule has 0 amide bonds. The van der Waals surface area contributed by atoms with E-state index in [9.17, 15) is 10.2 Å². The molecule has 0 unspecified atom stereocenters. The van der Waals surface area contributed by atoms with Gasteiger partial charge in [-0.25, -0.2) is 0 Å². The Bertz CT molecular complexity index is 501. The second kappa shape index (κ2) is 6.11. The minimum absolute atomic E-state index is 0. The van der Waals surface area contributed by atoms with E-state index in [-0.39, 0.29) is 34.6 Å². The molecule has 2 aromatic carbocycles. The van der Waals surface area contributed by atoms with Gasteiger partial charge in [0.15, 0.2) is 0 Å². The molecule has 88 valence electrons. The molecule has 2 aromatic rings. The summed E-state index contributed by atoms with van der Waals surface area (Å²) in [4.78, 5) is 0. The number of hydrogen-bond acceptors (Lipinski definition) is 2. The number of benzene rings is 2. The molecule has 0 fully saturated rings. The van der Waals surface area contributed by atoms with Crippen LogP contribution in [0.5, 0.6) is 11.5 Å². The van der Waals surface area contributed by atoms with E-state index in [1.54, 1.807) is 24.3 Å². The fraction of sp³-hybridized carbons (Fsp3) is 0.200. The molecule has 0 bridgehead atoms. The van der Waals surface area contributed by atoms with Gasteiger partial charge >= 0.3 is 23.1 Å². The third-order valence-electron chi connectivity index (χ3n) is 2.81. The van der Waals surface area contributed by atoms with Crippen LogP contribution in [0.1, 0.15) is 22.3 Å². The first-order chi connectivity index (χ1) is 8.06. The second-order valence-corrected chi connectivity index (χ2v) is 4.40. The van der Waals surface area contributed by atoms with Crippen LogP contribution in [0.3, 0.4) is 0 Å². The van der Waals surface area contributed by atoms with Gasteiger partial charge in [0.2, 0.25) is 0 Å². The third-order valence-corrected chi connectivity index (χ3v) is 2.81. The topological polar surface area (TPSA) is 46.1 Å². The molecule has 0 atom stereocenters. The summed E-state index contributed by atoms with van der Waals surface area (Å²) in [6.45, 7) is 3.88. The third kappa shape index (κ3) is 3.40. The first kappa shape index (κ1) is 14.9. The SMILES string of the molecule is Cc1ccc([O-])c(Cc2cc(C)ccc2[O-])c1.[Mg+2]. The largest absolute Gasteiger partial charge is 2.00 e. The van der Waals surface area contributed by atoms with Gasteiger partial charge in [-0.2, -0.15) is 0 Å². The quantitative estimate of drug-likeness (QED) is 0.761. The predicted octanol–water partition coefficient (Wildman–Crippen LogP) is 1.66. The zero-order valence-electron chi connectivity index (χ0n) is 10.7. The van der Waals surface area contributed by atoms with Crippen LogP contribution in [0.15, 0.2) is 36.4 Å². The summed E-state index contributed by atoms with van der Waals surface area (Å²) >= 11 is 0. The summed E-state index contributed by atoms with van der Waals surface area (Å²) in [6, 6.07) is 10.4. The summed E-state index contributed by atoms with van der Waals surface area (Å²) in [5, 5.41) is 23.3. The van der Waals surface area contributed by atoms with Crippen LogP contribution >= 0.6 is 0 Å². The zero-order chi connectivity index (χ0) is 12.4. The van der Waals surface area contributed by atoms with Crippen LogP contribution in [0.2, 0.25) is 0 Å². The van der Waals surface area contributed by atoms with Crippen LogP contribution in [-0.4, -0.2) is 23.1 Å². The first-order valence-electron chi connectivity index (χ1n) is 5.59. The molecule has 18 heavy (non-hydrogen) atoms. The van der Waals surface area contributed by atoms with E-state index < -0.39 is 0 Å². The normalized spacial score (nSPS) is 9.89. The maximum atomic E-state index is 11.7. The van der Waals surface area contributed by atoms with Crippen LogP contribution in [0.4, 0.5) is 0 Å². The average molecular weight is 251 g/mol. The van der Waals surface area contributed by atoms with Crippen LogP contribution in [-0.2, 0) is 6.42 Å². The summed E-state index contributed by atoms with van der Waals surface area (Å²) < 4.78 is 0. The van der Waals surface area contributed by atoms with E-state index in [0.717, 1.165) is 11.1 Å². The van der Waals surface area contributed by atoms with Gasteiger partial charge in [0, 0.05) is 0 Å². The van der Waals surface area contributed by atoms with Crippen molar-refractivity contribution in [1.82, 2.24) is 0 Å². The predicted molar refractivity (Wildman–Crippen MR) is 69.8 cm³/mol. The second-order valence-electron chi connectivity index (χ2n) is 4.40. The Morgan fingerprint density at radius 3 is 1.56 bits per heavy atom. The molecule has 2 nitrogen and oxygen atoms in total. The fourth-order valence-electron chi connectivity index (χ4n) is 1.90. The Balaban J connectivity index is 0.00000162. The van der Waals surface area contributed by atoms with Crippen molar-refractivity contribution in [3.8, 4) is 11.5 Å². The molecular formula is C15H14MgO2. The molecule has 0 N–H and O–H groups in total. The Morgan fingerprint density at radius 1 is 0.778 bits per heavy atom. The monoisotopic (exact) mass is 250 g/mol. The van der Waals surface area contributed by atoms with Gasteiger partial charge in [-0.1, -0.05) is 58.7 Å². The van der Waals surface area contributed by atoms with Gasteiger partial charge in [-0.05, 0) is 20.3 Å². The minimum atomic E-state index is -0.00324. The Labute approximate surface area is 123 Å². The number of hydrogen-bond donors (Lipinski definition) is 0. The van der Waals surface area contributed by atoms with Gasteiger partial charge in [0.25, 0.3) is 0 Å². The molecule has 3 heteroatoms. The molecule has 0 saturated heterocycles. The van der Waals surface area contributed by atoms with Crippen molar-refractivity contribution in [1.29, 1.82) is 0 Å². The summed E-state index contributed by atoms with van der Waals surface area (Å²) in [7, 11) is 0. The van der Waals surface area contributed by atoms with E-state index in [1.807, 2.05) is 26.0 Å². The van der Waals surface area contributed by atoms with Gasteiger partial charge in [-0.15, -0.1) is 11.5 Å². The molecule has 0 heterocycles. The smallest absolute Gasteiger partial charge is 0.872 e. The molecule has 0 saturated carbocycles. The van der Waals surface area contributed by atoms with Gasteiger partial charge in [-0.3, -0.25) is 0 Å². The van der Waals surface area contributed by atoms with E-state index in [4.69, 9.17) is 0 Å². The maximum Gasteiger partial charge on any atom is 2.00 e. The van der Waals surface area contributed by atoms with Gasteiger partial charge in [0.1, 0.15) is 0 Å². The zero-order valence-corrected chi connectivity index (χ0v) is 12.1. The van der Waals surface area contributed by atoms with E-state index in [2.05, 4.69) is 0 Å². The number of rotatable bonds is 2. The van der Waals surface area contributed by atoms with Crippen LogP contribution < -0.4 is 10.2 Å². The summed E-state index contributed by atoms with van der Waals surface area (Å²) in [5.74, 6) is -0.00647.